The van der Waals surface area contributed by atoms with Crippen LogP contribution in [0.1, 0.15) is 29.7 Å². The molecule has 0 aliphatic carbocycles. The van der Waals surface area contributed by atoms with Crippen LogP contribution in [0.25, 0.3) is 0 Å². The van der Waals surface area contributed by atoms with Crippen molar-refractivity contribution in [2.75, 3.05) is 6.54 Å². The second-order valence-corrected chi connectivity index (χ2v) is 4.37. The Kier molecular flexibility index (Phi) is 5.37. The van der Waals surface area contributed by atoms with Gasteiger partial charge in [0.05, 0.1) is 10.6 Å². The quantitative estimate of drug-likeness (QED) is 0.434. The van der Waals surface area contributed by atoms with Crippen LogP contribution in [0.3, 0.4) is 0 Å². The molecule has 104 valence electrons. The number of nitrogens with zero attached hydrogens (tertiary/aromatic N) is 2. The topological polar surface area (TPSA) is 111 Å². The van der Waals surface area contributed by atoms with Crippen LogP contribution in [-0.2, 0) is 11.3 Å². The summed E-state index contributed by atoms with van der Waals surface area (Å²) in [5.74, 6) is -0.331. The van der Waals surface area contributed by atoms with E-state index in [4.69, 9.17) is 5.73 Å². The number of nitro groups is 1. The zero-order valence-electron chi connectivity index (χ0n) is 11.1. The number of amides is 1. The fourth-order valence-electron chi connectivity index (χ4n) is 1.82. The Balaban J connectivity index is 2.62. The summed E-state index contributed by atoms with van der Waals surface area (Å²) < 4.78 is 0. The molecule has 19 heavy (non-hydrogen) atoms. The highest BCUT2D eigenvalue weighted by Crippen LogP contribution is 2.23. The highest BCUT2D eigenvalue weighted by molar-refractivity contribution is 5.73. The Labute approximate surface area is 111 Å². The van der Waals surface area contributed by atoms with Crippen LogP contribution in [0.4, 0.5) is 5.69 Å². The molecule has 0 fully saturated rings. The third-order valence-corrected chi connectivity index (χ3v) is 2.83. The first-order valence-electron chi connectivity index (χ1n) is 6.02. The summed E-state index contributed by atoms with van der Waals surface area (Å²) in [7, 11) is 0. The third kappa shape index (κ3) is 4.29. The van der Waals surface area contributed by atoms with Crippen molar-refractivity contribution in [1.82, 2.24) is 10.3 Å². The maximum atomic E-state index is 11.0. The lowest BCUT2D eigenvalue weighted by molar-refractivity contribution is -0.386. The van der Waals surface area contributed by atoms with Gasteiger partial charge in [-0.3, -0.25) is 19.9 Å². The summed E-state index contributed by atoms with van der Waals surface area (Å²) in [5, 5.41) is 14.0. The van der Waals surface area contributed by atoms with E-state index in [0.29, 0.717) is 42.8 Å². The predicted octanol–water partition coefficient (Wildman–Crippen LogP) is 0.962. The van der Waals surface area contributed by atoms with Crippen molar-refractivity contribution in [3.05, 3.63) is 33.1 Å². The Morgan fingerprint density at radius 1 is 1.53 bits per heavy atom. The first-order chi connectivity index (χ1) is 8.93. The molecule has 7 nitrogen and oxygen atoms in total. The maximum absolute atomic E-state index is 11.0. The smallest absolute Gasteiger partial charge is 0.278 e. The second-order valence-electron chi connectivity index (χ2n) is 4.37. The lowest BCUT2D eigenvalue weighted by Crippen LogP contribution is -2.19. The Hall–Kier alpha value is -2.02. The highest BCUT2D eigenvalue weighted by Gasteiger charge is 2.18. The van der Waals surface area contributed by atoms with Gasteiger partial charge in [0.15, 0.2) is 0 Å². The predicted molar refractivity (Wildman–Crippen MR) is 70.5 cm³/mol. The molecule has 0 bridgehead atoms. The molecule has 1 rings (SSSR count). The summed E-state index contributed by atoms with van der Waals surface area (Å²) in [6.45, 7) is 4.41. The fourth-order valence-corrected chi connectivity index (χ4v) is 1.82. The fraction of sp³-hybridized carbons (Fsp3) is 0.500. The van der Waals surface area contributed by atoms with Crippen molar-refractivity contribution in [3.8, 4) is 0 Å². The van der Waals surface area contributed by atoms with Crippen molar-refractivity contribution in [2.24, 2.45) is 5.73 Å². The van der Waals surface area contributed by atoms with Crippen molar-refractivity contribution >= 4 is 11.6 Å². The minimum Gasteiger partial charge on any atom is -0.370 e. The van der Waals surface area contributed by atoms with Crippen molar-refractivity contribution < 1.29 is 9.72 Å². The average molecular weight is 266 g/mol. The number of hydrogen-bond donors (Lipinski definition) is 2. The summed E-state index contributed by atoms with van der Waals surface area (Å²) >= 11 is 0. The molecule has 0 saturated carbocycles. The van der Waals surface area contributed by atoms with Gasteiger partial charge in [-0.2, -0.15) is 0 Å². The number of aromatic nitrogens is 1. The van der Waals surface area contributed by atoms with E-state index in [1.165, 1.54) is 6.20 Å². The van der Waals surface area contributed by atoms with Crippen LogP contribution in [0.2, 0.25) is 0 Å². The first kappa shape index (κ1) is 15.0. The molecule has 0 radical (unpaired) electrons. The molecule has 0 aromatic carbocycles. The second kappa shape index (κ2) is 6.79. The van der Waals surface area contributed by atoms with Crippen LogP contribution >= 0.6 is 0 Å². The number of carbonyl (C=O) groups excluding carboxylic acids is 1. The number of hydrogen-bond acceptors (Lipinski definition) is 5. The molecule has 0 atom stereocenters. The minimum atomic E-state index is -0.386. The number of carbonyl (C=O) groups is 1. The molecule has 1 heterocycles. The molecule has 0 spiro atoms. The van der Waals surface area contributed by atoms with Crippen molar-refractivity contribution in [1.29, 1.82) is 0 Å². The van der Waals surface area contributed by atoms with E-state index in [1.807, 2.05) is 0 Å². The van der Waals surface area contributed by atoms with Gasteiger partial charge in [0.25, 0.3) is 5.69 Å². The van der Waals surface area contributed by atoms with E-state index in [2.05, 4.69) is 10.3 Å². The molecule has 7 heteroatoms. The lowest BCUT2D eigenvalue weighted by atomic mass is 10.1. The van der Waals surface area contributed by atoms with Crippen LogP contribution in [0.15, 0.2) is 6.20 Å². The molecule has 0 unspecified atom stereocenters. The van der Waals surface area contributed by atoms with E-state index in [1.54, 1.807) is 13.8 Å². The number of aryl methyl sites for hydroxylation is 1. The molecule has 0 saturated heterocycles. The molecular weight excluding hydrogens is 248 g/mol. The highest BCUT2D eigenvalue weighted by atomic mass is 16.6. The van der Waals surface area contributed by atoms with E-state index in [0.717, 1.165) is 0 Å². The van der Waals surface area contributed by atoms with Gasteiger partial charge in [0.2, 0.25) is 5.91 Å². The first-order valence-corrected chi connectivity index (χ1v) is 6.02. The molecule has 1 aromatic rings. The van der Waals surface area contributed by atoms with E-state index < -0.39 is 0 Å². The van der Waals surface area contributed by atoms with Gasteiger partial charge in [-0.15, -0.1) is 0 Å². The van der Waals surface area contributed by atoms with Crippen LogP contribution in [-0.4, -0.2) is 22.4 Å². The number of pyridine rings is 1. The maximum Gasteiger partial charge on any atom is 0.278 e. The number of rotatable bonds is 7. The standard InChI is InChI=1S/C12H18N4O3/c1-8-6-15-10(9(2)12(8)16(18)19)7-14-5-3-4-11(13)17/h6,14H,3-5,7H2,1-2H3,(H2,13,17). The average Bonchev–Trinajstić information content (AvgIpc) is 2.30. The Morgan fingerprint density at radius 2 is 2.21 bits per heavy atom. The van der Waals surface area contributed by atoms with Gasteiger partial charge < -0.3 is 11.1 Å². The Bertz CT molecular complexity index is 488. The van der Waals surface area contributed by atoms with Gasteiger partial charge in [0.1, 0.15) is 0 Å². The molecule has 1 aromatic heterocycles. The zero-order chi connectivity index (χ0) is 14.4. The third-order valence-electron chi connectivity index (χ3n) is 2.83. The molecule has 0 aliphatic heterocycles. The minimum absolute atomic E-state index is 0.115. The van der Waals surface area contributed by atoms with Crippen molar-refractivity contribution in [3.63, 3.8) is 0 Å². The lowest BCUT2D eigenvalue weighted by Gasteiger charge is -2.08. The SMILES string of the molecule is Cc1cnc(CNCCCC(N)=O)c(C)c1[N+](=O)[O-]. The van der Waals surface area contributed by atoms with Gasteiger partial charge in [-0.05, 0) is 26.8 Å². The largest absolute Gasteiger partial charge is 0.370 e. The summed E-state index contributed by atoms with van der Waals surface area (Å²) in [6.07, 6.45) is 2.47. The zero-order valence-corrected chi connectivity index (χ0v) is 11.1. The Morgan fingerprint density at radius 3 is 2.79 bits per heavy atom. The van der Waals surface area contributed by atoms with E-state index >= 15 is 0 Å². The summed E-state index contributed by atoms with van der Waals surface area (Å²) in [4.78, 5) is 25.3. The summed E-state index contributed by atoms with van der Waals surface area (Å²) in [5.41, 5.74) is 6.92. The normalized spacial score (nSPS) is 10.4. The van der Waals surface area contributed by atoms with E-state index in [-0.39, 0.29) is 16.5 Å². The molecule has 0 aliphatic rings. The van der Waals surface area contributed by atoms with Gasteiger partial charge in [-0.1, -0.05) is 0 Å². The van der Waals surface area contributed by atoms with Crippen LogP contribution in [0.5, 0.6) is 0 Å². The van der Waals surface area contributed by atoms with Gasteiger partial charge in [0, 0.05) is 30.3 Å². The molecule has 1 amide bonds. The van der Waals surface area contributed by atoms with Crippen LogP contribution < -0.4 is 11.1 Å². The number of nitrogens with one attached hydrogen (secondary N) is 1. The molecular formula is C12H18N4O3. The van der Waals surface area contributed by atoms with Gasteiger partial charge in [-0.25, -0.2) is 0 Å². The summed E-state index contributed by atoms with van der Waals surface area (Å²) in [6, 6.07) is 0. The van der Waals surface area contributed by atoms with Crippen LogP contribution in [0, 0.1) is 24.0 Å². The van der Waals surface area contributed by atoms with E-state index in [9.17, 15) is 14.9 Å². The van der Waals surface area contributed by atoms with Gasteiger partial charge >= 0.3 is 0 Å². The monoisotopic (exact) mass is 266 g/mol. The number of primary amides is 1. The molecule has 3 N–H and O–H groups in total. The number of nitrogens with two attached hydrogens (primary N) is 1. The van der Waals surface area contributed by atoms with Crippen molar-refractivity contribution in [2.45, 2.75) is 33.2 Å².